The van der Waals surface area contributed by atoms with Gasteiger partial charge in [-0.15, -0.1) is 0 Å². The number of carbonyl (C=O) groups is 6. The maximum Gasteiger partial charge on any atom is 0.326 e. The van der Waals surface area contributed by atoms with E-state index >= 15 is 0 Å². The normalized spacial score (nSPS) is 15.4. The second kappa shape index (κ2) is 14.2. The number of nitrogens with two attached hydrogens (primary N) is 1. The third-order valence-electron chi connectivity index (χ3n) is 4.65. The van der Waals surface area contributed by atoms with Gasteiger partial charge in [0, 0.05) is 12.2 Å². The molecule has 0 saturated carbocycles. The summed E-state index contributed by atoms with van der Waals surface area (Å²) < 4.78 is 0. The summed E-state index contributed by atoms with van der Waals surface area (Å²) in [5.74, 6) is -7.36. The first-order valence-corrected chi connectivity index (χ1v) is 10.4. The molecule has 182 valence electrons. The van der Waals surface area contributed by atoms with Gasteiger partial charge in [-0.05, 0) is 12.3 Å². The molecule has 0 aromatic rings. The number of hydrogen-bond donors (Lipinski definition) is 8. The lowest BCUT2D eigenvalue weighted by Crippen LogP contribution is -2.58. The number of aliphatic carboxylic acids is 3. The summed E-state index contributed by atoms with van der Waals surface area (Å²) in [4.78, 5) is 70.1. The summed E-state index contributed by atoms with van der Waals surface area (Å²) in [5, 5.41) is 33.3. The highest BCUT2D eigenvalue weighted by molar-refractivity contribution is 7.80. The van der Waals surface area contributed by atoms with Crippen LogP contribution in [0.25, 0.3) is 0 Å². The van der Waals surface area contributed by atoms with E-state index in [4.69, 9.17) is 21.1 Å². The zero-order chi connectivity index (χ0) is 25.0. The zero-order valence-electron chi connectivity index (χ0n) is 17.7. The summed E-state index contributed by atoms with van der Waals surface area (Å²) in [6.45, 7) is 3.55. The van der Waals surface area contributed by atoms with Gasteiger partial charge in [-0.1, -0.05) is 20.3 Å². The van der Waals surface area contributed by atoms with Crippen molar-refractivity contribution in [1.29, 1.82) is 0 Å². The van der Waals surface area contributed by atoms with Crippen LogP contribution in [0.1, 0.15) is 39.5 Å². The van der Waals surface area contributed by atoms with Crippen molar-refractivity contribution in [2.24, 2.45) is 11.7 Å². The van der Waals surface area contributed by atoms with E-state index in [0.717, 1.165) is 0 Å². The Balaban J connectivity index is 5.36. The fourth-order valence-corrected chi connectivity index (χ4v) is 2.69. The van der Waals surface area contributed by atoms with Crippen molar-refractivity contribution >= 4 is 48.3 Å². The van der Waals surface area contributed by atoms with Crippen molar-refractivity contribution in [1.82, 2.24) is 16.0 Å². The van der Waals surface area contributed by atoms with E-state index in [-0.39, 0.29) is 18.1 Å². The van der Waals surface area contributed by atoms with Crippen LogP contribution >= 0.6 is 12.6 Å². The molecule has 13 nitrogen and oxygen atoms in total. The number of rotatable bonds is 15. The van der Waals surface area contributed by atoms with Crippen molar-refractivity contribution in [3.63, 3.8) is 0 Å². The van der Waals surface area contributed by atoms with Crippen molar-refractivity contribution in [3.8, 4) is 0 Å². The highest BCUT2D eigenvalue weighted by Gasteiger charge is 2.31. The molecule has 0 heterocycles. The molecule has 0 fully saturated rings. The van der Waals surface area contributed by atoms with Gasteiger partial charge in [-0.25, -0.2) is 4.79 Å². The van der Waals surface area contributed by atoms with E-state index in [9.17, 15) is 28.8 Å². The Bertz CT molecular complexity index is 719. The minimum Gasteiger partial charge on any atom is -0.481 e. The maximum absolute atomic E-state index is 12.6. The zero-order valence-corrected chi connectivity index (χ0v) is 18.6. The number of hydrogen-bond acceptors (Lipinski definition) is 8. The molecular weight excluding hydrogens is 448 g/mol. The molecule has 8 N–H and O–H groups in total. The van der Waals surface area contributed by atoms with Crippen molar-refractivity contribution in [2.75, 3.05) is 5.75 Å². The fraction of sp³-hybridized carbons (Fsp3) is 0.667. The molecule has 0 aliphatic heterocycles. The fourth-order valence-electron chi connectivity index (χ4n) is 2.43. The highest BCUT2D eigenvalue weighted by atomic mass is 32.1. The molecule has 14 heteroatoms. The largest absolute Gasteiger partial charge is 0.481 e. The molecule has 32 heavy (non-hydrogen) atoms. The Morgan fingerprint density at radius 3 is 1.78 bits per heavy atom. The molecule has 0 aromatic heterocycles. The molecular formula is C18H30N4O9S. The molecule has 5 unspecified atom stereocenters. The SMILES string of the molecule is CCC(C)C(N)C(=O)NC(CCC(=O)O)C(=O)NC(CS)C(=O)NC(CC(=O)O)C(=O)O. The molecule has 5 atom stereocenters. The first kappa shape index (κ1) is 29.1. The van der Waals surface area contributed by atoms with Crippen LogP contribution in [0.15, 0.2) is 0 Å². The number of thiol groups is 1. The van der Waals surface area contributed by atoms with E-state index in [2.05, 4.69) is 23.3 Å². The number of amides is 3. The lowest BCUT2D eigenvalue weighted by Gasteiger charge is -2.25. The minimum absolute atomic E-state index is 0.212. The average molecular weight is 479 g/mol. The van der Waals surface area contributed by atoms with E-state index in [1.165, 1.54) is 0 Å². The standard InChI is InChI=1S/C18H30N4O9S/c1-3-8(2)14(19)17(29)20-9(4-5-12(23)24)15(27)22-11(7-32)16(28)21-10(18(30)31)6-13(25)26/h8-11,14,32H,3-7,19H2,1-2H3,(H,20,29)(H,21,28)(H,22,27)(H,23,24)(H,25,26)(H,30,31). The Morgan fingerprint density at radius 2 is 1.34 bits per heavy atom. The van der Waals surface area contributed by atoms with E-state index < -0.39 is 72.6 Å². The summed E-state index contributed by atoms with van der Waals surface area (Å²) >= 11 is 3.93. The molecule has 0 spiro atoms. The van der Waals surface area contributed by atoms with Gasteiger partial charge in [0.15, 0.2) is 0 Å². The van der Waals surface area contributed by atoms with Crippen molar-refractivity contribution < 1.29 is 44.1 Å². The summed E-state index contributed by atoms with van der Waals surface area (Å²) in [7, 11) is 0. The lowest BCUT2D eigenvalue weighted by molar-refractivity contribution is -0.147. The van der Waals surface area contributed by atoms with Gasteiger partial charge in [-0.3, -0.25) is 24.0 Å². The van der Waals surface area contributed by atoms with E-state index in [1.54, 1.807) is 6.92 Å². The van der Waals surface area contributed by atoms with Crippen LogP contribution in [-0.2, 0) is 28.8 Å². The molecule has 0 bridgehead atoms. The molecule has 0 saturated heterocycles. The van der Waals surface area contributed by atoms with Crippen LogP contribution in [0.5, 0.6) is 0 Å². The Kier molecular flexibility index (Phi) is 13.0. The van der Waals surface area contributed by atoms with Gasteiger partial charge < -0.3 is 37.0 Å². The summed E-state index contributed by atoms with van der Waals surface area (Å²) in [6, 6.07) is -5.40. The molecule has 0 aromatic carbocycles. The maximum atomic E-state index is 12.6. The second-order valence-corrected chi connectivity index (χ2v) is 7.51. The Hall–Kier alpha value is -2.87. The second-order valence-electron chi connectivity index (χ2n) is 7.15. The smallest absolute Gasteiger partial charge is 0.326 e. The van der Waals surface area contributed by atoms with Crippen LogP contribution in [0, 0.1) is 5.92 Å². The van der Waals surface area contributed by atoms with Crippen LogP contribution in [-0.4, -0.2) is 80.9 Å². The summed E-state index contributed by atoms with van der Waals surface area (Å²) in [5.41, 5.74) is 5.83. The van der Waals surface area contributed by atoms with Gasteiger partial charge in [0.05, 0.1) is 12.5 Å². The number of carboxylic acid groups (broad SMARTS) is 3. The molecule has 0 aliphatic rings. The highest BCUT2D eigenvalue weighted by Crippen LogP contribution is 2.07. The van der Waals surface area contributed by atoms with Crippen LogP contribution in [0.4, 0.5) is 0 Å². The quantitative estimate of drug-likeness (QED) is 0.123. The van der Waals surface area contributed by atoms with Crippen molar-refractivity contribution in [2.45, 2.75) is 63.7 Å². The molecule has 0 radical (unpaired) electrons. The number of carbonyl (C=O) groups excluding carboxylic acids is 3. The first-order chi connectivity index (χ1) is 14.8. The summed E-state index contributed by atoms with van der Waals surface area (Å²) in [6.07, 6.45) is -1.06. The van der Waals surface area contributed by atoms with Gasteiger partial charge in [-0.2, -0.15) is 12.6 Å². The predicted molar refractivity (Wildman–Crippen MR) is 114 cm³/mol. The average Bonchev–Trinajstić information content (AvgIpc) is 2.71. The van der Waals surface area contributed by atoms with Gasteiger partial charge in [0.1, 0.15) is 18.1 Å². The number of nitrogens with one attached hydrogen (secondary N) is 3. The Labute approximate surface area is 189 Å². The van der Waals surface area contributed by atoms with Crippen molar-refractivity contribution in [3.05, 3.63) is 0 Å². The topological polar surface area (TPSA) is 225 Å². The van der Waals surface area contributed by atoms with E-state index in [1.807, 2.05) is 12.2 Å². The Morgan fingerprint density at radius 1 is 0.844 bits per heavy atom. The van der Waals surface area contributed by atoms with Gasteiger partial charge >= 0.3 is 17.9 Å². The molecule has 0 rings (SSSR count). The van der Waals surface area contributed by atoms with Crippen LogP contribution < -0.4 is 21.7 Å². The third kappa shape index (κ3) is 10.4. The molecule has 0 aliphatic carbocycles. The molecule has 3 amide bonds. The minimum atomic E-state index is -1.74. The monoisotopic (exact) mass is 478 g/mol. The third-order valence-corrected chi connectivity index (χ3v) is 5.01. The van der Waals surface area contributed by atoms with Gasteiger partial charge in [0.25, 0.3) is 0 Å². The predicted octanol–water partition coefficient (Wildman–Crippen LogP) is -1.83. The van der Waals surface area contributed by atoms with E-state index in [0.29, 0.717) is 6.42 Å². The first-order valence-electron chi connectivity index (χ1n) is 9.77. The number of carboxylic acids is 3. The van der Waals surface area contributed by atoms with Gasteiger partial charge in [0.2, 0.25) is 17.7 Å². The lowest BCUT2D eigenvalue weighted by atomic mass is 9.98. The van der Waals surface area contributed by atoms with Crippen LogP contribution in [0.3, 0.4) is 0 Å². The van der Waals surface area contributed by atoms with Crippen LogP contribution in [0.2, 0.25) is 0 Å².